The fourth-order valence-corrected chi connectivity index (χ4v) is 1.77. The van der Waals surface area contributed by atoms with Crippen LogP contribution in [0.2, 0.25) is 0 Å². The second-order valence-electron chi connectivity index (χ2n) is 3.89. The molecular weight excluding hydrogens is 346 g/mol. The van der Waals surface area contributed by atoms with Gasteiger partial charge >= 0.3 is 18.0 Å². The van der Waals surface area contributed by atoms with Crippen molar-refractivity contribution in [2.24, 2.45) is 0 Å². The van der Waals surface area contributed by atoms with Crippen molar-refractivity contribution in [3.05, 3.63) is 28.2 Å². The van der Waals surface area contributed by atoms with Gasteiger partial charge in [0.2, 0.25) is 0 Å². The summed E-state index contributed by atoms with van der Waals surface area (Å²) in [5, 5.41) is 30.6. The number of carbonyl (C=O) groups excluding carboxylic acids is 1. The number of carboxylic acid groups (broad SMARTS) is 2. The summed E-state index contributed by atoms with van der Waals surface area (Å²) < 4.78 is 0.608. The molecule has 0 aromatic heterocycles. The second-order valence-corrected chi connectivity index (χ2v) is 4.80. The van der Waals surface area contributed by atoms with Crippen molar-refractivity contribution in [2.75, 3.05) is 5.32 Å². The molecule has 1 aromatic carbocycles. The third-order valence-electron chi connectivity index (χ3n) is 2.33. The van der Waals surface area contributed by atoms with Crippen LogP contribution < -0.4 is 10.6 Å². The fourth-order valence-electron chi connectivity index (χ4n) is 1.41. The molecule has 0 saturated carbocycles. The summed E-state index contributed by atoms with van der Waals surface area (Å²) in [6, 6.07) is 3.91. The Labute approximate surface area is 127 Å². The Balaban J connectivity index is 2.81. The maximum atomic E-state index is 11.7. The van der Waals surface area contributed by atoms with Gasteiger partial charge in [-0.25, -0.2) is 9.59 Å². The van der Waals surface area contributed by atoms with E-state index in [9.17, 15) is 14.4 Å². The first-order valence-electron chi connectivity index (χ1n) is 5.55. The molecule has 0 unspecified atom stereocenters. The van der Waals surface area contributed by atoms with E-state index >= 15 is 0 Å². The number of anilines is 1. The van der Waals surface area contributed by atoms with Crippen LogP contribution in [0.4, 0.5) is 10.5 Å². The Kier molecular flexibility index (Phi) is 5.68. The molecule has 0 aliphatic heterocycles. The largest absolute Gasteiger partial charge is 0.481 e. The van der Waals surface area contributed by atoms with Crippen LogP contribution in [0.25, 0.3) is 0 Å². The van der Waals surface area contributed by atoms with Gasteiger partial charge in [0.1, 0.15) is 12.1 Å². The molecule has 0 spiro atoms. The lowest BCUT2D eigenvalue weighted by Crippen LogP contribution is -2.44. The number of hydrogen-bond donors (Lipinski definition) is 4. The van der Waals surface area contributed by atoms with Crippen LogP contribution in [0.15, 0.2) is 22.7 Å². The highest BCUT2D eigenvalue weighted by atomic mass is 79.9. The number of carboxylic acids is 2. The van der Waals surface area contributed by atoms with Crippen LogP contribution in [0.5, 0.6) is 0 Å². The molecule has 4 N–H and O–H groups in total. The molecule has 0 aliphatic rings. The van der Waals surface area contributed by atoms with E-state index in [1.807, 2.05) is 11.4 Å². The Morgan fingerprint density at radius 2 is 2.00 bits per heavy atom. The Morgan fingerprint density at radius 3 is 2.52 bits per heavy atom. The summed E-state index contributed by atoms with van der Waals surface area (Å²) in [4.78, 5) is 33.0. The van der Waals surface area contributed by atoms with Crippen molar-refractivity contribution < 1.29 is 24.6 Å². The zero-order valence-electron chi connectivity index (χ0n) is 10.5. The Bertz CT molecular complexity index is 626. The lowest BCUT2D eigenvalue weighted by Gasteiger charge is -2.14. The van der Waals surface area contributed by atoms with Gasteiger partial charge in [0, 0.05) is 4.47 Å². The molecular formula is C12H10BrN3O5. The van der Waals surface area contributed by atoms with Gasteiger partial charge in [-0.2, -0.15) is 5.26 Å². The molecule has 0 bridgehead atoms. The molecule has 8 nitrogen and oxygen atoms in total. The molecule has 0 fully saturated rings. The number of nitriles is 1. The minimum atomic E-state index is -1.57. The summed E-state index contributed by atoms with van der Waals surface area (Å²) in [6.45, 7) is 0. The third-order valence-corrected chi connectivity index (χ3v) is 2.83. The number of carbonyl (C=O) groups is 3. The average Bonchev–Trinajstić information content (AvgIpc) is 2.37. The van der Waals surface area contributed by atoms with Gasteiger partial charge in [-0.15, -0.1) is 0 Å². The first-order valence-corrected chi connectivity index (χ1v) is 6.34. The standard InChI is InChI=1S/C12H10BrN3O5/c13-7-2-1-6(5-14)8(3-7)15-12(21)16-9(11(19)20)4-10(17)18/h1-3,9H,4H2,(H,17,18)(H,19,20)(H2,15,16,21)/t9-/m0/s1. The zero-order chi connectivity index (χ0) is 16.0. The van der Waals surface area contributed by atoms with Gasteiger partial charge in [0.05, 0.1) is 17.7 Å². The smallest absolute Gasteiger partial charge is 0.326 e. The van der Waals surface area contributed by atoms with Crippen LogP contribution in [0, 0.1) is 11.3 Å². The van der Waals surface area contributed by atoms with Gasteiger partial charge in [-0.3, -0.25) is 4.79 Å². The summed E-state index contributed by atoms with van der Waals surface area (Å²) in [6.07, 6.45) is -0.758. The number of rotatable bonds is 5. The van der Waals surface area contributed by atoms with Crippen LogP contribution in [-0.2, 0) is 9.59 Å². The number of nitrogens with zero attached hydrogens (tertiary/aromatic N) is 1. The Hall–Kier alpha value is -2.60. The molecule has 0 saturated heterocycles. The van der Waals surface area contributed by atoms with Crippen LogP contribution in [0.3, 0.4) is 0 Å². The van der Waals surface area contributed by atoms with Gasteiger partial charge < -0.3 is 20.8 Å². The molecule has 9 heteroatoms. The van der Waals surface area contributed by atoms with E-state index in [1.165, 1.54) is 12.1 Å². The number of nitrogens with one attached hydrogen (secondary N) is 2. The minimum absolute atomic E-state index is 0.170. The maximum absolute atomic E-state index is 11.7. The van der Waals surface area contributed by atoms with Gasteiger partial charge in [0.25, 0.3) is 0 Å². The summed E-state index contributed by atoms with van der Waals surface area (Å²) >= 11 is 3.17. The van der Waals surface area contributed by atoms with Crippen LogP contribution in [0.1, 0.15) is 12.0 Å². The molecule has 2 amide bonds. The summed E-state index contributed by atoms with van der Waals surface area (Å²) in [5.74, 6) is -2.83. The molecule has 0 heterocycles. The van der Waals surface area contributed by atoms with E-state index in [1.54, 1.807) is 6.07 Å². The lowest BCUT2D eigenvalue weighted by atomic mass is 10.2. The van der Waals surface area contributed by atoms with E-state index in [2.05, 4.69) is 21.2 Å². The highest BCUT2D eigenvalue weighted by Gasteiger charge is 2.23. The molecule has 1 aromatic rings. The predicted octanol–water partition coefficient (Wildman–Crippen LogP) is 1.37. The highest BCUT2D eigenvalue weighted by Crippen LogP contribution is 2.20. The minimum Gasteiger partial charge on any atom is -0.481 e. The van der Waals surface area contributed by atoms with Crippen molar-refractivity contribution in [3.8, 4) is 6.07 Å². The van der Waals surface area contributed by atoms with E-state index in [0.29, 0.717) is 4.47 Å². The van der Waals surface area contributed by atoms with Gasteiger partial charge in [0.15, 0.2) is 0 Å². The van der Waals surface area contributed by atoms with Crippen LogP contribution in [-0.4, -0.2) is 34.2 Å². The van der Waals surface area contributed by atoms with Crippen molar-refractivity contribution >= 4 is 39.6 Å². The topological polar surface area (TPSA) is 140 Å². The average molecular weight is 356 g/mol. The molecule has 21 heavy (non-hydrogen) atoms. The molecule has 110 valence electrons. The first-order chi connectivity index (χ1) is 9.83. The van der Waals surface area contributed by atoms with Crippen molar-refractivity contribution in [2.45, 2.75) is 12.5 Å². The SMILES string of the molecule is N#Cc1ccc(Br)cc1NC(=O)N[C@@H](CC(=O)O)C(=O)O. The number of hydrogen-bond acceptors (Lipinski definition) is 4. The quantitative estimate of drug-likeness (QED) is 0.628. The number of urea groups is 1. The number of halogens is 1. The van der Waals surface area contributed by atoms with Crippen LogP contribution >= 0.6 is 15.9 Å². The van der Waals surface area contributed by atoms with E-state index in [0.717, 1.165) is 0 Å². The van der Waals surface area contributed by atoms with Gasteiger partial charge in [-0.1, -0.05) is 15.9 Å². The molecule has 0 aliphatic carbocycles. The van der Waals surface area contributed by atoms with E-state index in [-0.39, 0.29) is 11.3 Å². The second kappa shape index (κ2) is 7.25. The first kappa shape index (κ1) is 16.5. The molecule has 1 atom stereocenters. The Morgan fingerprint density at radius 1 is 1.33 bits per heavy atom. The zero-order valence-corrected chi connectivity index (χ0v) is 12.0. The van der Waals surface area contributed by atoms with Crippen molar-refractivity contribution in [1.29, 1.82) is 5.26 Å². The molecule has 1 rings (SSSR count). The third kappa shape index (κ3) is 5.12. The highest BCUT2D eigenvalue weighted by molar-refractivity contribution is 9.10. The fraction of sp³-hybridized carbons (Fsp3) is 0.167. The van der Waals surface area contributed by atoms with Crippen molar-refractivity contribution in [1.82, 2.24) is 5.32 Å². The van der Waals surface area contributed by atoms with E-state index in [4.69, 9.17) is 15.5 Å². The van der Waals surface area contributed by atoms with Crippen molar-refractivity contribution in [3.63, 3.8) is 0 Å². The number of benzene rings is 1. The normalized spacial score (nSPS) is 11.0. The molecule has 0 radical (unpaired) electrons. The van der Waals surface area contributed by atoms with Gasteiger partial charge in [-0.05, 0) is 18.2 Å². The summed E-state index contributed by atoms with van der Waals surface area (Å²) in [7, 11) is 0. The lowest BCUT2D eigenvalue weighted by molar-refractivity contribution is -0.145. The number of aliphatic carboxylic acids is 2. The monoisotopic (exact) mass is 355 g/mol. The maximum Gasteiger partial charge on any atom is 0.326 e. The van der Waals surface area contributed by atoms with E-state index < -0.39 is 30.4 Å². The predicted molar refractivity (Wildman–Crippen MR) is 74.7 cm³/mol. The number of amides is 2. The summed E-state index contributed by atoms with van der Waals surface area (Å²) in [5.41, 5.74) is 0.349.